The van der Waals surface area contributed by atoms with Gasteiger partial charge >= 0.3 is 11.9 Å². The van der Waals surface area contributed by atoms with E-state index in [0.717, 1.165) is 185 Å². The molecular formula is C58H70O4. The van der Waals surface area contributed by atoms with Crippen molar-refractivity contribution in [2.75, 3.05) is 13.2 Å². The normalized spacial score (nSPS) is 58.3. The lowest BCUT2D eigenvalue weighted by Gasteiger charge is -2.61. The molecule has 0 aliphatic heterocycles. The Kier molecular flexibility index (Phi) is 6.70. The zero-order chi connectivity index (χ0) is 40.6. The van der Waals surface area contributed by atoms with E-state index >= 15 is 0 Å². The summed E-state index contributed by atoms with van der Waals surface area (Å²) in [6.45, 7) is 6.16. The van der Waals surface area contributed by atoms with Crippen molar-refractivity contribution in [1.82, 2.24) is 0 Å². The second-order valence-electron chi connectivity index (χ2n) is 26.9. The highest BCUT2D eigenvalue weighted by molar-refractivity contribution is 5.75. The van der Waals surface area contributed by atoms with Crippen molar-refractivity contribution in [3.8, 4) is 0 Å². The Hall–Kier alpha value is -2.36. The minimum atomic E-state index is -0.504. The largest absolute Gasteiger partial charge is 0.462 e. The van der Waals surface area contributed by atoms with Gasteiger partial charge in [-0.1, -0.05) is 60.1 Å². The summed E-state index contributed by atoms with van der Waals surface area (Å²) < 4.78 is 11.3. The van der Waals surface area contributed by atoms with E-state index in [9.17, 15) is 9.59 Å². The molecule has 0 bridgehead atoms. The minimum Gasteiger partial charge on any atom is -0.462 e. The lowest BCUT2D eigenvalue weighted by molar-refractivity contribution is -0.159. The van der Waals surface area contributed by atoms with Gasteiger partial charge in [-0.3, -0.25) is 9.59 Å². The van der Waals surface area contributed by atoms with Crippen molar-refractivity contribution >= 4 is 11.9 Å². The average molecular weight is 831 g/mol. The summed E-state index contributed by atoms with van der Waals surface area (Å²) in [6.07, 6.45) is 17.2. The fourth-order valence-electron chi connectivity index (χ4n) is 25.9. The summed E-state index contributed by atoms with van der Waals surface area (Å²) in [7, 11) is 0. The molecule has 17 rings (SSSR count). The molecule has 0 aromatic heterocycles. The Morgan fingerprint density at radius 2 is 1.23 bits per heavy atom. The topological polar surface area (TPSA) is 52.6 Å². The van der Waals surface area contributed by atoms with Crippen LogP contribution in [0, 0.1) is 171 Å². The monoisotopic (exact) mass is 831 g/mol. The van der Waals surface area contributed by atoms with Crippen LogP contribution in [0.5, 0.6) is 0 Å². The van der Waals surface area contributed by atoms with E-state index in [1.54, 1.807) is 37.7 Å². The van der Waals surface area contributed by atoms with Gasteiger partial charge in [0.2, 0.25) is 0 Å². The van der Waals surface area contributed by atoms with Gasteiger partial charge in [0.05, 0.1) is 5.41 Å². The highest BCUT2D eigenvalue weighted by atomic mass is 16.6. The van der Waals surface area contributed by atoms with Crippen LogP contribution in [0.3, 0.4) is 0 Å². The third kappa shape index (κ3) is 3.83. The number of carbonyl (C=O) groups excluding carboxylic acids is 2. The van der Waals surface area contributed by atoms with Crippen molar-refractivity contribution in [3.05, 3.63) is 58.7 Å². The molecule has 0 amide bonds. The first-order valence-electron chi connectivity index (χ1n) is 27.1. The lowest BCUT2D eigenvalue weighted by Crippen LogP contribution is -2.58. The van der Waals surface area contributed by atoms with Crippen LogP contribution in [0.15, 0.2) is 53.1 Å². The minimum absolute atomic E-state index is 0.117. The van der Waals surface area contributed by atoms with E-state index in [1.165, 1.54) is 12.8 Å². The van der Waals surface area contributed by atoms with E-state index < -0.39 is 5.41 Å². The summed E-state index contributed by atoms with van der Waals surface area (Å²) in [5, 5.41) is 0. The average Bonchev–Trinajstić information content (AvgIpc) is 4.12. The fraction of sp³-hybridized carbons (Fsp3) is 0.793. The Balaban J connectivity index is 0.771. The molecule has 16 aliphatic carbocycles. The first-order valence-corrected chi connectivity index (χ1v) is 27.1. The molecule has 14 saturated carbocycles. The van der Waals surface area contributed by atoms with Gasteiger partial charge in [0.1, 0.15) is 13.2 Å². The van der Waals surface area contributed by atoms with Gasteiger partial charge in [-0.15, -0.1) is 0 Å². The quantitative estimate of drug-likeness (QED) is 0.127. The summed E-state index contributed by atoms with van der Waals surface area (Å²) in [6, 6.07) is 11.9. The molecule has 4 heteroatoms. The van der Waals surface area contributed by atoms with Gasteiger partial charge in [0, 0.05) is 12.3 Å². The molecule has 4 nitrogen and oxygen atoms in total. The molecule has 1 aromatic carbocycles. The third-order valence-electron chi connectivity index (χ3n) is 26.0. The molecule has 0 N–H and O–H groups in total. The van der Waals surface area contributed by atoms with E-state index in [-0.39, 0.29) is 25.2 Å². The number of hydrogen-bond acceptors (Lipinski definition) is 4. The van der Waals surface area contributed by atoms with Crippen molar-refractivity contribution < 1.29 is 19.1 Å². The van der Waals surface area contributed by atoms with Gasteiger partial charge in [-0.25, -0.2) is 0 Å². The van der Waals surface area contributed by atoms with Crippen molar-refractivity contribution in [2.45, 2.75) is 97.3 Å². The maximum atomic E-state index is 13.4. The maximum Gasteiger partial charge on any atom is 0.311 e. The molecule has 29 atom stereocenters. The molecule has 0 saturated heterocycles. The molecule has 1 aromatic rings. The number of esters is 2. The van der Waals surface area contributed by atoms with Crippen molar-refractivity contribution in [3.63, 3.8) is 0 Å². The van der Waals surface area contributed by atoms with Gasteiger partial charge < -0.3 is 9.47 Å². The van der Waals surface area contributed by atoms with E-state index in [2.05, 4.69) is 47.6 Å². The van der Waals surface area contributed by atoms with E-state index in [1.807, 2.05) is 26.3 Å². The number of hydrogen-bond donors (Lipinski definition) is 0. The molecule has 0 radical (unpaired) electrons. The second-order valence-corrected chi connectivity index (χ2v) is 26.9. The van der Waals surface area contributed by atoms with Crippen LogP contribution in [0.4, 0.5) is 0 Å². The van der Waals surface area contributed by atoms with Crippen molar-refractivity contribution in [2.24, 2.45) is 171 Å². The Morgan fingerprint density at radius 1 is 0.629 bits per heavy atom. The number of allylic oxidation sites excluding steroid dienone is 4. The summed E-state index contributed by atoms with van der Waals surface area (Å²) in [5.74, 6) is 28.5. The summed E-state index contributed by atoms with van der Waals surface area (Å²) >= 11 is 0. The van der Waals surface area contributed by atoms with Crippen LogP contribution in [0.25, 0.3) is 0 Å². The van der Waals surface area contributed by atoms with E-state index in [4.69, 9.17) is 9.47 Å². The van der Waals surface area contributed by atoms with Crippen LogP contribution in [0.1, 0.15) is 103 Å². The van der Waals surface area contributed by atoms with Gasteiger partial charge in [-0.2, -0.15) is 0 Å². The third-order valence-corrected chi connectivity index (χ3v) is 26.0. The molecule has 14 fully saturated rings. The Morgan fingerprint density at radius 3 is 2.00 bits per heavy atom. The van der Waals surface area contributed by atoms with Gasteiger partial charge in [0.15, 0.2) is 0 Å². The fourth-order valence-corrected chi connectivity index (χ4v) is 25.9. The number of ether oxygens (including phenoxy) is 2. The highest BCUT2D eigenvalue weighted by Gasteiger charge is 2.87. The smallest absolute Gasteiger partial charge is 0.311 e. The Labute approximate surface area is 369 Å². The maximum absolute atomic E-state index is 13.4. The van der Waals surface area contributed by atoms with Crippen molar-refractivity contribution in [1.29, 1.82) is 0 Å². The molecule has 29 unspecified atom stereocenters. The van der Waals surface area contributed by atoms with Crippen LogP contribution >= 0.6 is 0 Å². The van der Waals surface area contributed by atoms with Crippen LogP contribution < -0.4 is 0 Å². The molecule has 326 valence electrons. The predicted octanol–water partition coefficient (Wildman–Crippen LogP) is 10.9. The predicted molar refractivity (Wildman–Crippen MR) is 234 cm³/mol. The molecule has 62 heavy (non-hydrogen) atoms. The van der Waals surface area contributed by atoms with Gasteiger partial charge in [0.25, 0.3) is 0 Å². The number of benzene rings is 1. The highest BCUT2D eigenvalue weighted by Crippen LogP contribution is 2.91. The first-order chi connectivity index (χ1) is 30.3. The molecule has 0 heterocycles. The van der Waals surface area contributed by atoms with Crippen LogP contribution in [-0.2, 0) is 19.1 Å². The number of rotatable bonds is 11. The summed E-state index contributed by atoms with van der Waals surface area (Å²) in [5.41, 5.74) is 7.54. The van der Waals surface area contributed by atoms with E-state index in [0.29, 0.717) is 12.3 Å². The summed E-state index contributed by atoms with van der Waals surface area (Å²) in [4.78, 5) is 25.9. The van der Waals surface area contributed by atoms with Gasteiger partial charge in [-0.05, 0) is 249 Å². The Bertz CT molecular complexity index is 2270. The SMILES string of the molecule is CCC(C)(C)C(=O)OCCOC(=O)CCCC(c1ccccc1)C1C2CC3CC4CC5C=C6CC7CC8CC9CC1C1C2C2C3C3C4C5=C4C6C5C7C8C6C9C1C1C6C5C4C3C21. The zero-order valence-corrected chi connectivity index (χ0v) is 37.5. The molecular weight excluding hydrogens is 761 g/mol. The van der Waals surface area contributed by atoms with Crippen LogP contribution in [-0.4, -0.2) is 25.2 Å². The van der Waals surface area contributed by atoms with Crippen LogP contribution in [0.2, 0.25) is 0 Å². The lowest BCUT2D eigenvalue weighted by atomic mass is 9.43. The first kappa shape index (κ1) is 35.8. The standard InChI is InChI=1S/C58H70O4/c1-4-58(2,3)57(60)62-14-13-61-34(59)12-8-11-31(23-9-6-5-7-10-23)42-32-21-29-19-26-15-24-17-28-18-25-16-27-20-30-22-33(42)44-43(32)49-40(29)47-37(26)35(24)45-39(28)46-36(25)38(27)48-41(30)50(44)56-54(48)52(46)51(45)53(47)55(49)56/h5-7,9-10,17,24-27,29-33,36-44,46-56H,4,8,11-16,18-22H2,1-3H3. The number of carbonyl (C=O) groups is 2. The zero-order valence-electron chi connectivity index (χ0n) is 37.5. The second kappa shape index (κ2) is 11.6. The molecule has 0 spiro atoms. The molecule has 16 aliphatic rings.